The summed E-state index contributed by atoms with van der Waals surface area (Å²) in [5, 5.41) is 9.09. The van der Waals surface area contributed by atoms with Gasteiger partial charge >= 0.3 is 5.97 Å². The molecule has 0 radical (unpaired) electrons. The minimum absolute atomic E-state index is 0.0410. The van der Waals surface area contributed by atoms with Crippen LogP contribution in [0, 0.1) is 6.92 Å². The van der Waals surface area contributed by atoms with E-state index in [0.29, 0.717) is 13.2 Å². The Hall–Kier alpha value is -2.14. The molecule has 5 heteroatoms. The number of carbonyl (C=O) groups is 2. The molecule has 1 fully saturated rings. The molecule has 0 aromatic heterocycles. The highest BCUT2D eigenvalue weighted by atomic mass is 16.5. The SMILES string of the molecule is Cc1ccccc1/C=C\C(=O)N1CCOC[C@@H]1C(=O)O. The van der Waals surface area contributed by atoms with Crippen LogP contribution < -0.4 is 0 Å². The minimum atomic E-state index is -1.04. The van der Waals surface area contributed by atoms with Crippen molar-refractivity contribution in [2.24, 2.45) is 0 Å². The average Bonchev–Trinajstić information content (AvgIpc) is 2.46. The maximum Gasteiger partial charge on any atom is 0.328 e. The Morgan fingerprint density at radius 1 is 1.40 bits per heavy atom. The lowest BCUT2D eigenvalue weighted by molar-refractivity contribution is -0.156. The summed E-state index contributed by atoms with van der Waals surface area (Å²) >= 11 is 0. The van der Waals surface area contributed by atoms with Crippen molar-refractivity contribution in [1.82, 2.24) is 4.90 Å². The van der Waals surface area contributed by atoms with Gasteiger partial charge in [0.15, 0.2) is 6.04 Å². The highest BCUT2D eigenvalue weighted by molar-refractivity contribution is 5.94. The number of carbonyl (C=O) groups excluding carboxylic acids is 1. The van der Waals surface area contributed by atoms with Crippen molar-refractivity contribution in [2.45, 2.75) is 13.0 Å². The van der Waals surface area contributed by atoms with Crippen LogP contribution in [0.5, 0.6) is 0 Å². The molecule has 1 aromatic carbocycles. The zero-order chi connectivity index (χ0) is 14.5. The van der Waals surface area contributed by atoms with Gasteiger partial charge in [-0.2, -0.15) is 0 Å². The van der Waals surface area contributed by atoms with Gasteiger partial charge in [0, 0.05) is 12.6 Å². The van der Waals surface area contributed by atoms with Crippen molar-refractivity contribution in [3.8, 4) is 0 Å². The Kier molecular flexibility index (Phi) is 4.53. The molecule has 0 saturated carbocycles. The number of nitrogens with zero attached hydrogens (tertiary/aromatic N) is 1. The number of amides is 1. The Morgan fingerprint density at radius 3 is 2.85 bits per heavy atom. The maximum atomic E-state index is 12.1. The van der Waals surface area contributed by atoms with Crippen molar-refractivity contribution >= 4 is 18.0 Å². The van der Waals surface area contributed by atoms with Crippen LogP contribution in [-0.4, -0.2) is 47.7 Å². The predicted molar refractivity (Wildman–Crippen MR) is 74.2 cm³/mol. The third-order valence-corrected chi connectivity index (χ3v) is 3.29. The molecule has 2 rings (SSSR count). The van der Waals surface area contributed by atoms with Gasteiger partial charge in [0.2, 0.25) is 5.91 Å². The molecular weight excluding hydrogens is 258 g/mol. The van der Waals surface area contributed by atoms with Crippen LogP contribution in [0.25, 0.3) is 6.08 Å². The highest BCUT2D eigenvalue weighted by Gasteiger charge is 2.31. The van der Waals surface area contributed by atoms with Crippen molar-refractivity contribution in [3.63, 3.8) is 0 Å². The van der Waals surface area contributed by atoms with Gasteiger partial charge < -0.3 is 14.7 Å². The minimum Gasteiger partial charge on any atom is -0.480 e. The summed E-state index contributed by atoms with van der Waals surface area (Å²) in [4.78, 5) is 24.6. The van der Waals surface area contributed by atoms with E-state index in [0.717, 1.165) is 11.1 Å². The lowest BCUT2D eigenvalue weighted by atomic mass is 10.1. The Morgan fingerprint density at radius 2 is 2.15 bits per heavy atom. The first-order chi connectivity index (χ1) is 9.59. The summed E-state index contributed by atoms with van der Waals surface area (Å²) in [5.74, 6) is -1.34. The first kappa shape index (κ1) is 14.3. The van der Waals surface area contributed by atoms with E-state index in [1.165, 1.54) is 11.0 Å². The number of benzene rings is 1. The second-order valence-electron chi connectivity index (χ2n) is 4.65. The largest absolute Gasteiger partial charge is 0.480 e. The van der Waals surface area contributed by atoms with Crippen LogP contribution in [0.2, 0.25) is 0 Å². The number of aliphatic carboxylic acids is 1. The van der Waals surface area contributed by atoms with Crippen LogP contribution in [0.3, 0.4) is 0 Å². The van der Waals surface area contributed by atoms with Crippen molar-refractivity contribution < 1.29 is 19.4 Å². The predicted octanol–water partition coefficient (Wildman–Crippen LogP) is 1.32. The Bertz CT molecular complexity index is 538. The van der Waals surface area contributed by atoms with E-state index in [9.17, 15) is 9.59 Å². The van der Waals surface area contributed by atoms with Gasteiger partial charge in [-0.15, -0.1) is 0 Å². The molecule has 20 heavy (non-hydrogen) atoms. The molecule has 0 unspecified atom stereocenters. The van der Waals surface area contributed by atoms with E-state index in [1.54, 1.807) is 6.08 Å². The van der Waals surface area contributed by atoms with E-state index in [1.807, 2.05) is 31.2 Å². The van der Waals surface area contributed by atoms with Crippen molar-refractivity contribution in [1.29, 1.82) is 0 Å². The number of aryl methyl sites for hydroxylation is 1. The lowest BCUT2D eigenvalue weighted by Crippen LogP contribution is -2.52. The summed E-state index contributed by atoms with van der Waals surface area (Å²) in [6, 6.07) is 6.78. The van der Waals surface area contributed by atoms with E-state index < -0.39 is 12.0 Å². The number of hydrogen-bond donors (Lipinski definition) is 1. The number of hydrogen-bond acceptors (Lipinski definition) is 3. The molecular formula is C15H17NO4. The van der Waals surface area contributed by atoms with E-state index in [2.05, 4.69) is 0 Å². The van der Waals surface area contributed by atoms with Gasteiger partial charge in [0.1, 0.15) is 0 Å². The summed E-state index contributed by atoms with van der Waals surface area (Å²) < 4.78 is 5.11. The molecule has 106 valence electrons. The molecule has 0 spiro atoms. The third kappa shape index (κ3) is 3.24. The molecule has 0 aliphatic carbocycles. The number of carboxylic acid groups (broad SMARTS) is 1. The van der Waals surface area contributed by atoms with Gasteiger partial charge in [-0.25, -0.2) is 4.79 Å². The van der Waals surface area contributed by atoms with Crippen molar-refractivity contribution in [2.75, 3.05) is 19.8 Å². The van der Waals surface area contributed by atoms with E-state index >= 15 is 0 Å². The smallest absolute Gasteiger partial charge is 0.328 e. The van der Waals surface area contributed by atoms with Gasteiger partial charge in [-0.3, -0.25) is 4.79 Å². The zero-order valence-electron chi connectivity index (χ0n) is 11.3. The van der Waals surface area contributed by atoms with Crippen LogP contribution in [0.4, 0.5) is 0 Å². The summed E-state index contributed by atoms with van der Waals surface area (Å²) in [6.07, 6.45) is 3.13. The maximum absolute atomic E-state index is 12.1. The third-order valence-electron chi connectivity index (χ3n) is 3.29. The standard InChI is InChI=1S/C15H17NO4/c1-11-4-2-3-5-12(11)6-7-14(17)16-8-9-20-10-13(16)15(18)19/h2-7,13H,8-10H2,1H3,(H,18,19)/b7-6-/t13-/m1/s1. The molecule has 1 saturated heterocycles. The molecule has 1 aliphatic rings. The van der Waals surface area contributed by atoms with Gasteiger partial charge in [-0.1, -0.05) is 24.3 Å². The van der Waals surface area contributed by atoms with Crippen LogP contribution >= 0.6 is 0 Å². The number of ether oxygens (including phenoxy) is 1. The molecule has 1 N–H and O–H groups in total. The molecule has 1 atom stereocenters. The van der Waals surface area contributed by atoms with Gasteiger partial charge in [0.05, 0.1) is 13.2 Å². The molecule has 1 heterocycles. The normalized spacial score (nSPS) is 19.2. The Labute approximate surface area is 117 Å². The fourth-order valence-corrected chi connectivity index (χ4v) is 2.10. The number of rotatable bonds is 3. The van der Waals surface area contributed by atoms with Crippen LogP contribution in [0.1, 0.15) is 11.1 Å². The summed E-state index contributed by atoms with van der Waals surface area (Å²) in [5.41, 5.74) is 2.01. The highest BCUT2D eigenvalue weighted by Crippen LogP contribution is 2.12. The summed E-state index contributed by atoms with van der Waals surface area (Å²) in [7, 11) is 0. The zero-order valence-corrected chi connectivity index (χ0v) is 11.3. The molecule has 1 amide bonds. The quantitative estimate of drug-likeness (QED) is 0.845. The van der Waals surface area contributed by atoms with E-state index in [4.69, 9.17) is 9.84 Å². The fourth-order valence-electron chi connectivity index (χ4n) is 2.10. The molecule has 1 aliphatic heterocycles. The van der Waals surface area contributed by atoms with Gasteiger partial charge in [0.25, 0.3) is 0 Å². The Balaban J connectivity index is 2.10. The first-order valence-corrected chi connectivity index (χ1v) is 6.44. The van der Waals surface area contributed by atoms with Gasteiger partial charge in [-0.05, 0) is 24.1 Å². The van der Waals surface area contributed by atoms with E-state index in [-0.39, 0.29) is 12.5 Å². The number of carboxylic acids is 1. The lowest BCUT2D eigenvalue weighted by Gasteiger charge is -2.32. The second kappa shape index (κ2) is 6.34. The second-order valence-corrected chi connectivity index (χ2v) is 4.65. The first-order valence-electron chi connectivity index (χ1n) is 6.44. The summed E-state index contributed by atoms with van der Waals surface area (Å²) in [6.45, 7) is 2.67. The van der Waals surface area contributed by atoms with Crippen LogP contribution in [-0.2, 0) is 14.3 Å². The molecule has 1 aromatic rings. The molecule has 0 bridgehead atoms. The monoisotopic (exact) mass is 275 g/mol. The molecule has 5 nitrogen and oxygen atoms in total. The number of morpholine rings is 1. The van der Waals surface area contributed by atoms with Crippen molar-refractivity contribution in [3.05, 3.63) is 41.5 Å². The average molecular weight is 275 g/mol. The van der Waals surface area contributed by atoms with Crippen LogP contribution in [0.15, 0.2) is 30.3 Å². The topological polar surface area (TPSA) is 66.8 Å². The fraction of sp³-hybridized carbons (Fsp3) is 0.333.